The van der Waals surface area contributed by atoms with Crippen molar-refractivity contribution in [3.05, 3.63) is 89.2 Å². The van der Waals surface area contributed by atoms with Crippen LogP contribution in [0.1, 0.15) is 59.3 Å². The molecule has 0 spiro atoms. The Bertz CT molecular complexity index is 1100. The lowest BCUT2D eigenvalue weighted by Gasteiger charge is -2.35. The van der Waals surface area contributed by atoms with Crippen molar-refractivity contribution in [3.8, 4) is 5.75 Å². The Morgan fingerprint density at radius 2 is 1.76 bits per heavy atom. The molecular formula is C27H29F3N2O2. The maximum absolute atomic E-state index is 13.5. The first-order valence-electron chi connectivity index (χ1n) is 11.6. The van der Waals surface area contributed by atoms with Gasteiger partial charge < -0.3 is 14.2 Å². The molecule has 0 saturated heterocycles. The smallest absolute Gasteiger partial charge is 0.416 e. The maximum Gasteiger partial charge on any atom is 0.416 e. The molecule has 0 unspecified atom stereocenters. The van der Waals surface area contributed by atoms with Crippen LogP contribution in [0, 0.1) is 0 Å². The van der Waals surface area contributed by atoms with E-state index in [2.05, 4.69) is 0 Å². The van der Waals surface area contributed by atoms with Gasteiger partial charge in [-0.05, 0) is 66.9 Å². The lowest BCUT2D eigenvalue weighted by atomic mass is 9.93. The van der Waals surface area contributed by atoms with Crippen LogP contribution < -0.4 is 4.74 Å². The summed E-state index contributed by atoms with van der Waals surface area (Å²) in [5, 5.41) is 0. The van der Waals surface area contributed by atoms with Crippen molar-refractivity contribution in [1.82, 2.24) is 9.47 Å². The third kappa shape index (κ3) is 5.64. The van der Waals surface area contributed by atoms with E-state index in [4.69, 9.17) is 4.74 Å². The summed E-state index contributed by atoms with van der Waals surface area (Å²) < 4.78 is 46.6. The number of benzene rings is 2. The van der Waals surface area contributed by atoms with Crippen molar-refractivity contribution in [3.63, 3.8) is 0 Å². The summed E-state index contributed by atoms with van der Waals surface area (Å²) in [7, 11) is 1.59. The second-order valence-electron chi connectivity index (χ2n) is 8.78. The molecule has 180 valence electrons. The molecule has 0 radical (unpaired) electrons. The summed E-state index contributed by atoms with van der Waals surface area (Å²) in [6.45, 7) is 0.711. The van der Waals surface area contributed by atoms with Gasteiger partial charge in [-0.15, -0.1) is 0 Å². The van der Waals surface area contributed by atoms with E-state index in [0.29, 0.717) is 30.0 Å². The van der Waals surface area contributed by atoms with Crippen LogP contribution in [0.3, 0.4) is 0 Å². The SMILES string of the molecule is COc1ccc(C(=O)N(Cc2cccn2Cc2cccc(C(F)(F)F)c2)C2CCCCC2)cc1. The highest BCUT2D eigenvalue weighted by atomic mass is 19.4. The third-order valence-corrected chi connectivity index (χ3v) is 6.48. The highest BCUT2D eigenvalue weighted by Gasteiger charge is 2.30. The predicted molar refractivity (Wildman–Crippen MR) is 125 cm³/mol. The second kappa shape index (κ2) is 10.4. The Morgan fingerprint density at radius 1 is 1.03 bits per heavy atom. The molecule has 4 rings (SSSR count). The average Bonchev–Trinajstić information content (AvgIpc) is 3.29. The van der Waals surface area contributed by atoms with Gasteiger partial charge in [0.2, 0.25) is 0 Å². The molecule has 0 bridgehead atoms. The highest BCUT2D eigenvalue weighted by molar-refractivity contribution is 5.94. The van der Waals surface area contributed by atoms with Crippen molar-refractivity contribution in [1.29, 1.82) is 0 Å². The van der Waals surface area contributed by atoms with Gasteiger partial charge in [-0.2, -0.15) is 13.2 Å². The van der Waals surface area contributed by atoms with E-state index >= 15 is 0 Å². The van der Waals surface area contributed by atoms with Crippen LogP contribution in [0.2, 0.25) is 0 Å². The molecule has 1 amide bonds. The van der Waals surface area contributed by atoms with Gasteiger partial charge in [0.1, 0.15) is 5.75 Å². The van der Waals surface area contributed by atoms with Crippen LogP contribution in [0.4, 0.5) is 13.2 Å². The number of nitrogens with zero attached hydrogens (tertiary/aromatic N) is 2. The number of methoxy groups -OCH3 is 1. The number of hydrogen-bond donors (Lipinski definition) is 0. The van der Waals surface area contributed by atoms with Crippen molar-refractivity contribution in [2.75, 3.05) is 7.11 Å². The molecule has 0 aliphatic heterocycles. The zero-order valence-corrected chi connectivity index (χ0v) is 19.2. The summed E-state index contributed by atoms with van der Waals surface area (Å²) >= 11 is 0. The summed E-state index contributed by atoms with van der Waals surface area (Å²) in [6.07, 6.45) is 2.73. The number of hydrogen-bond acceptors (Lipinski definition) is 2. The zero-order chi connectivity index (χ0) is 24.1. The molecule has 1 fully saturated rings. The Balaban J connectivity index is 1.58. The molecule has 0 N–H and O–H groups in total. The minimum atomic E-state index is -4.38. The molecule has 2 aromatic carbocycles. The van der Waals surface area contributed by atoms with Crippen molar-refractivity contribution in [2.45, 2.75) is 57.4 Å². The molecule has 3 aromatic rings. The first-order valence-corrected chi connectivity index (χ1v) is 11.6. The fraction of sp³-hybridized carbons (Fsp3) is 0.370. The van der Waals surface area contributed by atoms with Gasteiger partial charge in [0.15, 0.2) is 0 Å². The van der Waals surface area contributed by atoms with E-state index in [1.54, 1.807) is 37.4 Å². The summed E-state index contributed by atoms with van der Waals surface area (Å²) in [4.78, 5) is 15.5. The highest BCUT2D eigenvalue weighted by Crippen LogP contribution is 2.30. The number of carbonyl (C=O) groups is 1. The lowest BCUT2D eigenvalue weighted by molar-refractivity contribution is -0.137. The molecule has 1 saturated carbocycles. The molecule has 1 aliphatic carbocycles. The van der Waals surface area contributed by atoms with E-state index in [9.17, 15) is 18.0 Å². The lowest BCUT2D eigenvalue weighted by Crippen LogP contribution is -2.41. The Kier molecular flexibility index (Phi) is 7.29. The Labute approximate surface area is 198 Å². The number of ether oxygens (including phenoxy) is 1. The van der Waals surface area contributed by atoms with Gasteiger partial charge in [0.25, 0.3) is 5.91 Å². The molecular weight excluding hydrogens is 441 g/mol. The van der Waals surface area contributed by atoms with Crippen LogP contribution in [-0.2, 0) is 19.3 Å². The molecule has 1 aliphatic rings. The first-order chi connectivity index (χ1) is 16.3. The number of aromatic nitrogens is 1. The third-order valence-electron chi connectivity index (χ3n) is 6.48. The molecule has 1 heterocycles. The standard InChI is InChI=1S/C27H29F3N2O2/c1-34-25-14-12-21(13-15-25)26(33)32(23-9-3-2-4-10-23)19-24-11-6-16-31(24)18-20-7-5-8-22(17-20)27(28,29)30/h5-8,11-17,23H,2-4,9-10,18-19H2,1H3. The van der Waals surface area contributed by atoms with Crippen molar-refractivity contribution >= 4 is 5.91 Å². The Hall–Kier alpha value is -3.22. The summed E-state index contributed by atoms with van der Waals surface area (Å²) in [6, 6.07) is 16.5. The molecule has 7 heteroatoms. The van der Waals surface area contributed by atoms with Crippen LogP contribution in [-0.4, -0.2) is 28.5 Å². The largest absolute Gasteiger partial charge is 0.497 e. The van der Waals surface area contributed by atoms with Crippen LogP contribution in [0.25, 0.3) is 0 Å². The van der Waals surface area contributed by atoms with E-state index in [0.717, 1.165) is 37.4 Å². The first kappa shape index (κ1) is 23.9. The number of amides is 1. The van der Waals surface area contributed by atoms with Gasteiger partial charge in [-0.3, -0.25) is 4.79 Å². The van der Waals surface area contributed by atoms with Crippen molar-refractivity contribution < 1.29 is 22.7 Å². The normalized spacial score (nSPS) is 14.7. The van der Waals surface area contributed by atoms with Gasteiger partial charge in [0, 0.05) is 30.0 Å². The van der Waals surface area contributed by atoms with Crippen LogP contribution >= 0.6 is 0 Å². The minimum Gasteiger partial charge on any atom is -0.497 e. The van der Waals surface area contributed by atoms with Crippen LogP contribution in [0.15, 0.2) is 66.9 Å². The van der Waals surface area contributed by atoms with Crippen molar-refractivity contribution in [2.24, 2.45) is 0 Å². The van der Waals surface area contributed by atoms with Gasteiger partial charge in [-0.1, -0.05) is 31.4 Å². The van der Waals surface area contributed by atoms with E-state index < -0.39 is 11.7 Å². The van der Waals surface area contributed by atoms with Gasteiger partial charge in [-0.25, -0.2) is 0 Å². The van der Waals surface area contributed by atoms with E-state index in [1.165, 1.54) is 18.6 Å². The molecule has 0 atom stereocenters. The quantitative estimate of drug-likeness (QED) is 0.393. The maximum atomic E-state index is 13.5. The zero-order valence-electron chi connectivity index (χ0n) is 19.2. The van der Waals surface area contributed by atoms with Gasteiger partial charge in [0.05, 0.1) is 19.2 Å². The molecule has 34 heavy (non-hydrogen) atoms. The molecule has 4 nitrogen and oxygen atoms in total. The molecule has 1 aromatic heterocycles. The second-order valence-corrected chi connectivity index (χ2v) is 8.78. The predicted octanol–water partition coefficient (Wildman–Crippen LogP) is 6.54. The van der Waals surface area contributed by atoms with E-state index in [-0.39, 0.29) is 11.9 Å². The number of halogens is 3. The van der Waals surface area contributed by atoms with Crippen LogP contribution in [0.5, 0.6) is 5.75 Å². The summed E-state index contributed by atoms with van der Waals surface area (Å²) in [5.41, 5.74) is 1.40. The minimum absolute atomic E-state index is 0.0404. The summed E-state index contributed by atoms with van der Waals surface area (Å²) in [5.74, 6) is 0.650. The van der Waals surface area contributed by atoms with Gasteiger partial charge >= 0.3 is 6.18 Å². The Morgan fingerprint density at radius 3 is 2.44 bits per heavy atom. The number of alkyl halides is 3. The number of carbonyl (C=O) groups excluding carboxylic acids is 1. The topological polar surface area (TPSA) is 34.5 Å². The monoisotopic (exact) mass is 470 g/mol. The fourth-order valence-corrected chi connectivity index (χ4v) is 4.62. The average molecular weight is 471 g/mol. The fourth-order valence-electron chi connectivity index (χ4n) is 4.62. The number of rotatable bonds is 7. The van der Waals surface area contributed by atoms with E-state index in [1.807, 2.05) is 27.8 Å².